The lowest BCUT2D eigenvalue weighted by Gasteiger charge is -2.17. The Morgan fingerprint density at radius 3 is 2.61 bits per heavy atom. The zero-order valence-corrected chi connectivity index (χ0v) is 16.8. The highest BCUT2D eigenvalue weighted by molar-refractivity contribution is 6.02. The van der Waals surface area contributed by atoms with Crippen LogP contribution in [0.2, 0.25) is 0 Å². The van der Waals surface area contributed by atoms with E-state index in [1.807, 2.05) is 43.3 Å². The topological polar surface area (TPSA) is 97.8 Å². The smallest absolute Gasteiger partial charge is 0.337 e. The van der Waals surface area contributed by atoms with Crippen molar-refractivity contribution in [2.24, 2.45) is 0 Å². The molecule has 0 unspecified atom stereocenters. The molecule has 156 valence electrons. The van der Waals surface area contributed by atoms with Crippen LogP contribution in [0.5, 0.6) is 11.5 Å². The van der Waals surface area contributed by atoms with Crippen LogP contribution in [0.1, 0.15) is 34.3 Å². The number of fused-ring (bicyclic) bond motifs is 1. The molecule has 5 rings (SSSR count). The molecule has 0 saturated heterocycles. The SMILES string of the molecule is Cc1ccc(NC(=O)C2(c3ccc4c(c3)OCO4)CC2)cc1-c1cncc(C(=O)O)c1. The second-order valence-corrected chi connectivity index (χ2v) is 7.90. The molecule has 7 heteroatoms. The van der Waals surface area contributed by atoms with Crippen LogP contribution in [-0.4, -0.2) is 28.8 Å². The number of carbonyl (C=O) groups excluding carboxylic acids is 1. The molecule has 1 amide bonds. The van der Waals surface area contributed by atoms with Crippen molar-refractivity contribution in [3.63, 3.8) is 0 Å². The average Bonchev–Trinajstić information content (AvgIpc) is 3.46. The highest BCUT2D eigenvalue weighted by Crippen LogP contribution is 2.51. The van der Waals surface area contributed by atoms with E-state index in [1.54, 1.807) is 12.3 Å². The number of aromatic carboxylic acids is 1. The molecule has 2 aliphatic rings. The van der Waals surface area contributed by atoms with E-state index in [4.69, 9.17) is 9.47 Å². The number of carbonyl (C=O) groups is 2. The number of anilines is 1. The molecule has 0 radical (unpaired) electrons. The Morgan fingerprint density at radius 1 is 1.03 bits per heavy atom. The van der Waals surface area contributed by atoms with Gasteiger partial charge in [-0.25, -0.2) is 4.79 Å². The van der Waals surface area contributed by atoms with Gasteiger partial charge in [0.05, 0.1) is 11.0 Å². The third kappa shape index (κ3) is 3.38. The van der Waals surface area contributed by atoms with Gasteiger partial charge in [0.15, 0.2) is 11.5 Å². The van der Waals surface area contributed by atoms with Gasteiger partial charge in [0, 0.05) is 23.6 Å². The van der Waals surface area contributed by atoms with Crippen LogP contribution in [0.25, 0.3) is 11.1 Å². The van der Waals surface area contributed by atoms with Gasteiger partial charge in [-0.1, -0.05) is 12.1 Å². The first-order chi connectivity index (χ1) is 15.0. The van der Waals surface area contributed by atoms with Gasteiger partial charge in [-0.3, -0.25) is 9.78 Å². The first-order valence-corrected chi connectivity index (χ1v) is 9.97. The van der Waals surface area contributed by atoms with Crippen LogP contribution < -0.4 is 14.8 Å². The summed E-state index contributed by atoms with van der Waals surface area (Å²) in [6, 6.07) is 12.8. The molecule has 2 heterocycles. The Hall–Kier alpha value is -3.87. The second-order valence-electron chi connectivity index (χ2n) is 7.90. The van der Waals surface area contributed by atoms with Gasteiger partial charge >= 0.3 is 5.97 Å². The maximum Gasteiger partial charge on any atom is 0.337 e. The number of nitrogens with zero attached hydrogens (tertiary/aromatic N) is 1. The maximum atomic E-state index is 13.2. The van der Waals surface area contributed by atoms with E-state index in [1.165, 1.54) is 6.20 Å². The Morgan fingerprint density at radius 2 is 1.84 bits per heavy atom. The van der Waals surface area contributed by atoms with Crippen molar-refractivity contribution in [2.45, 2.75) is 25.2 Å². The maximum absolute atomic E-state index is 13.2. The van der Waals surface area contributed by atoms with E-state index >= 15 is 0 Å². The lowest BCUT2D eigenvalue weighted by molar-refractivity contribution is -0.118. The van der Waals surface area contributed by atoms with E-state index in [-0.39, 0.29) is 18.3 Å². The largest absolute Gasteiger partial charge is 0.478 e. The molecular formula is C24H20N2O5. The predicted octanol–water partition coefficient (Wildman–Crippen LogP) is 4.15. The highest BCUT2D eigenvalue weighted by Gasteiger charge is 2.51. The number of aromatic nitrogens is 1. The second kappa shape index (κ2) is 7.12. The van der Waals surface area contributed by atoms with E-state index in [9.17, 15) is 14.7 Å². The van der Waals surface area contributed by atoms with E-state index in [2.05, 4.69) is 10.3 Å². The monoisotopic (exact) mass is 416 g/mol. The third-order valence-electron chi connectivity index (χ3n) is 5.90. The Kier molecular flexibility index (Phi) is 4.39. The van der Waals surface area contributed by atoms with Gasteiger partial charge in [0.1, 0.15) is 0 Å². The number of carboxylic acids is 1. The van der Waals surface area contributed by atoms with Crippen molar-refractivity contribution in [2.75, 3.05) is 12.1 Å². The Balaban J connectivity index is 1.42. The van der Waals surface area contributed by atoms with Crippen molar-refractivity contribution in [3.8, 4) is 22.6 Å². The van der Waals surface area contributed by atoms with Gasteiger partial charge in [-0.15, -0.1) is 0 Å². The normalized spacial score (nSPS) is 15.4. The van der Waals surface area contributed by atoms with Crippen LogP contribution in [0.15, 0.2) is 54.9 Å². The number of hydrogen-bond acceptors (Lipinski definition) is 5. The number of carboxylic acid groups (broad SMARTS) is 1. The molecule has 3 aromatic rings. The number of aryl methyl sites for hydroxylation is 1. The summed E-state index contributed by atoms with van der Waals surface area (Å²) in [6.07, 6.45) is 4.47. The molecule has 0 spiro atoms. The minimum absolute atomic E-state index is 0.0708. The summed E-state index contributed by atoms with van der Waals surface area (Å²) in [5, 5.41) is 12.3. The lowest BCUT2D eigenvalue weighted by Crippen LogP contribution is -2.27. The number of pyridine rings is 1. The van der Waals surface area contributed by atoms with Crippen LogP contribution in [-0.2, 0) is 10.2 Å². The molecule has 1 saturated carbocycles. The summed E-state index contributed by atoms with van der Waals surface area (Å²) < 4.78 is 10.8. The zero-order chi connectivity index (χ0) is 21.6. The molecule has 7 nitrogen and oxygen atoms in total. The standard InChI is InChI=1S/C24H20N2O5/c1-14-2-4-18(10-19(14)15-8-16(22(27)28)12-25-11-15)26-23(29)24(6-7-24)17-3-5-20-21(9-17)31-13-30-20/h2-5,8-12H,6-7,13H2,1H3,(H,26,29)(H,27,28). The van der Waals surface area contributed by atoms with Crippen molar-refractivity contribution >= 4 is 17.6 Å². The fourth-order valence-corrected chi connectivity index (χ4v) is 3.93. The molecule has 1 fully saturated rings. The molecule has 0 atom stereocenters. The summed E-state index contributed by atoms with van der Waals surface area (Å²) in [5.74, 6) is 0.259. The summed E-state index contributed by atoms with van der Waals surface area (Å²) in [7, 11) is 0. The number of hydrogen-bond donors (Lipinski definition) is 2. The fraction of sp³-hybridized carbons (Fsp3) is 0.208. The van der Waals surface area contributed by atoms with E-state index in [0.29, 0.717) is 22.7 Å². The summed E-state index contributed by atoms with van der Waals surface area (Å²) >= 11 is 0. The quantitative estimate of drug-likeness (QED) is 0.648. The molecule has 1 aromatic heterocycles. The molecule has 2 aromatic carbocycles. The molecule has 2 N–H and O–H groups in total. The van der Waals surface area contributed by atoms with Gasteiger partial charge in [0.2, 0.25) is 12.7 Å². The fourth-order valence-electron chi connectivity index (χ4n) is 3.93. The van der Waals surface area contributed by atoms with Gasteiger partial charge in [0.25, 0.3) is 0 Å². The van der Waals surface area contributed by atoms with Crippen LogP contribution in [0.3, 0.4) is 0 Å². The molecular weight excluding hydrogens is 396 g/mol. The lowest BCUT2D eigenvalue weighted by atomic mass is 9.94. The number of ether oxygens (including phenoxy) is 2. The highest BCUT2D eigenvalue weighted by atomic mass is 16.7. The summed E-state index contributed by atoms with van der Waals surface area (Å²) in [4.78, 5) is 28.5. The van der Waals surface area contributed by atoms with Gasteiger partial charge in [-0.2, -0.15) is 0 Å². The average molecular weight is 416 g/mol. The number of rotatable bonds is 5. The third-order valence-corrected chi connectivity index (χ3v) is 5.90. The van der Waals surface area contributed by atoms with E-state index in [0.717, 1.165) is 29.5 Å². The molecule has 1 aliphatic carbocycles. The van der Waals surface area contributed by atoms with Gasteiger partial charge in [-0.05, 0) is 66.8 Å². The van der Waals surface area contributed by atoms with E-state index < -0.39 is 11.4 Å². The minimum atomic E-state index is -1.03. The first-order valence-electron chi connectivity index (χ1n) is 9.97. The first kappa shape index (κ1) is 19.1. The van der Waals surface area contributed by atoms with Crippen LogP contribution >= 0.6 is 0 Å². The van der Waals surface area contributed by atoms with Crippen molar-refractivity contribution < 1.29 is 24.2 Å². The molecule has 31 heavy (non-hydrogen) atoms. The zero-order valence-electron chi connectivity index (χ0n) is 16.8. The van der Waals surface area contributed by atoms with Crippen molar-refractivity contribution in [1.29, 1.82) is 0 Å². The van der Waals surface area contributed by atoms with Gasteiger partial charge < -0.3 is 19.9 Å². The number of nitrogens with one attached hydrogen (secondary N) is 1. The molecule has 1 aliphatic heterocycles. The Labute approximate surface area is 178 Å². The van der Waals surface area contributed by atoms with Crippen molar-refractivity contribution in [1.82, 2.24) is 4.98 Å². The van der Waals surface area contributed by atoms with Crippen LogP contribution in [0, 0.1) is 6.92 Å². The Bertz CT molecular complexity index is 1220. The summed E-state index contributed by atoms with van der Waals surface area (Å²) in [6.45, 7) is 2.13. The summed E-state index contributed by atoms with van der Waals surface area (Å²) in [5.41, 5.74) is 3.58. The minimum Gasteiger partial charge on any atom is -0.478 e. The number of amides is 1. The number of benzene rings is 2. The van der Waals surface area contributed by atoms with Crippen molar-refractivity contribution in [3.05, 3.63) is 71.5 Å². The van der Waals surface area contributed by atoms with Crippen LogP contribution in [0.4, 0.5) is 5.69 Å². The predicted molar refractivity (Wildman–Crippen MR) is 113 cm³/mol. The molecule has 0 bridgehead atoms.